The summed E-state index contributed by atoms with van der Waals surface area (Å²) in [5, 5.41) is 44.1. The number of carbonyl (C=O) groups excluding carboxylic acids is 6. The minimum Gasteiger partial charge on any atom is -0.393 e. The third-order valence-electron chi connectivity index (χ3n) is 28.8. The lowest BCUT2D eigenvalue weighted by molar-refractivity contribution is -0.135. The smallest absolute Gasteiger partial charge is 0.239 e. The van der Waals surface area contributed by atoms with E-state index in [1.165, 1.54) is 57.9 Å². The molecule has 135 heavy (non-hydrogen) atoms. The number of hydrogen-bond acceptors (Lipinski definition) is 19. The number of ether oxygens (including phenoxy) is 2. The molecule has 0 radical (unpaired) electrons. The molecule has 0 bridgehead atoms. The largest absolute Gasteiger partial charge is 0.393 e. The molecule has 0 unspecified atom stereocenters. The van der Waals surface area contributed by atoms with Crippen LogP contribution in [0.4, 0.5) is 0 Å². The van der Waals surface area contributed by atoms with E-state index < -0.39 is 0 Å². The Morgan fingerprint density at radius 1 is 0.415 bits per heavy atom. The maximum atomic E-state index is 12.3. The first-order valence-corrected chi connectivity index (χ1v) is 53.7. The van der Waals surface area contributed by atoms with Crippen molar-refractivity contribution in [3.05, 3.63) is 0 Å². The lowest BCUT2D eigenvalue weighted by Crippen LogP contribution is -2.47. The van der Waals surface area contributed by atoms with E-state index in [0.717, 1.165) is 259 Å². The number of amides is 6. The van der Waals surface area contributed by atoms with Gasteiger partial charge in [-0.05, 0) is 275 Å². The molecule has 3 aliphatic carbocycles. The van der Waals surface area contributed by atoms with Crippen molar-refractivity contribution in [2.24, 2.45) is 66.0 Å². The fourth-order valence-corrected chi connectivity index (χ4v) is 19.5. The Labute approximate surface area is 826 Å². The van der Waals surface area contributed by atoms with Gasteiger partial charge in [-0.2, -0.15) is 10.5 Å². The van der Waals surface area contributed by atoms with E-state index in [0.29, 0.717) is 107 Å². The van der Waals surface area contributed by atoms with Gasteiger partial charge in [0.2, 0.25) is 35.4 Å². The molecule has 3 saturated carbocycles. The van der Waals surface area contributed by atoms with E-state index in [2.05, 4.69) is 239 Å². The summed E-state index contributed by atoms with van der Waals surface area (Å²) in [5.41, 5.74) is 1.95. The Morgan fingerprint density at radius 2 is 0.793 bits per heavy atom. The minimum absolute atomic E-state index is 0.0304. The highest BCUT2D eigenvalue weighted by Crippen LogP contribution is 2.47. The Balaban J connectivity index is 0.000000277. The highest BCUT2D eigenvalue weighted by atomic mass is 16.5. The van der Waals surface area contributed by atoms with Gasteiger partial charge >= 0.3 is 0 Å². The number of rotatable bonds is 26. The maximum Gasteiger partial charge on any atom is 0.239 e. The van der Waals surface area contributed by atoms with E-state index in [-0.39, 0.29) is 68.4 Å². The van der Waals surface area contributed by atoms with Gasteiger partial charge < -0.3 is 75.5 Å². The summed E-state index contributed by atoms with van der Waals surface area (Å²) in [7, 11) is 9.80. The molecule has 6 N–H and O–H groups in total. The van der Waals surface area contributed by atoms with Crippen LogP contribution in [0, 0.1) is 88.6 Å². The van der Waals surface area contributed by atoms with Crippen LogP contribution in [0.2, 0.25) is 0 Å². The number of nitrogens with zero attached hydrogens (tertiary/aromatic N) is 11. The van der Waals surface area contributed by atoms with Crippen LogP contribution in [-0.4, -0.2) is 319 Å². The van der Waals surface area contributed by atoms with Crippen molar-refractivity contribution in [3.8, 4) is 12.1 Å². The SMILES string of the molecule is CC(C)(C)CC(=O)N1CCC(NCC2(C#N)CC2)CC1.CC(C)(C)CCNC1CC(O)C1.CC(C)(C)CCNC1COC1.CC(C)(C)CCN[C@@H]1CCCOC1.CN(C)C(=O)[C@@H]1CCCN1CC1CCN(C(=O)CC(C)(C)C)CC1.CN(CC1(C#N)CC1)C1CCN(C(=O)CC(C)(C)C)CC1.CN1CCC[C@@H]1CC(C)(C)C.CNC(=O)[C@@H]1CCCN1CC1CCN(C(=O)CC(C)(C)C)CC1. The molecule has 6 amide bonds. The van der Waals surface area contributed by atoms with Crippen molar-refractivity contribution in [2.45, 2.75) is 413 Å². The van der Waals surface area contributed by atoms with Crippen molar-refractivity contribution in [1.82, 2.24) is 70.7 Å². The number of piperidine rings is 4. The number of hydrogen-bond donors (Lipinski definition) is 6. The minimum atomic E-state index is -0.0702. The van der Waals surface area contributed by atoms with Gasteiger partial charge in [-0.25, -0.2) is 0 Å². The molecule has 0 spiro atoms. The van der Waals surface area contributed by atoms with Crippen molar-refractivity contribution in [3.63, 3.8) is 0 Å². The number of nitrogens with one attached hydrogen (secondary N) is 5. The number of aliphatic hydroxyl groups is 1. The zero-order valence-corrected chi connectivity index (χ0v) is 92.3. The molecule has 12 fully saturated rings. The summed E-state index contributed by atoms with van der Waals surface area (Å²) in [5.74, 6) is 2.78. The molecule has 0 aromatic carbocycles. The first-order valence-electron chi connectivity index (χ1n) is 53.7. The molecule has 4 atom stereocenters. The molecule has 0 aromatic rings. The van der Waals surface area contributed by atoms with E-state index in [1.54, 1.807) is 11.9 Å². The molecule has 9 aliphatic heterocycles. The number of aliphatic hydroxyl groups excluding tert-OH is 1. The standard InChI is InChI=1S/C19H35N3O2.C18H33N3O2.C17H29N3O.C16H27N3O.C11H23NO.C10H21NO.C10H21N.C9H19NO/c1-19(2,3)13-17(23)21-11-8-15(9-12-21)14-22-10-6-7-16(22)18(24)20(4)5;1-18(2,3)12-16(22)20-10-7-14(8-11-20)13-21-9-5-6-15(21)17(23)19-4;1-16(2,3)11-15(21)20-9-5-14(6-10-20)19(4)13-17(12-18)7-8-17;1-15(2,3)10-14(20)19-8-4-13(5-9-19)18-12-16(11-17)6-7-16;1-11(2,3)6-7-12-10-5-4-8-13-9-10;1-10(2,3)4-5-11-8-6-9(12)7-8;1-10(2,3)8-9-6-5-7-11(9)4;1-9(2,3)4-5-10-8-6-11-7-8/h15-16H,6-14H2,1-5H3;14-15H,5-13H2,1-4H3,(H,19,23);14H,5-11,13H2,1-4H3;13,18H,4-10,12H2,1-3H3;10,12H,4-9H2,1-3H3;8-9,11-12H,4-7H2,1-3H3;9H,5-8H2,1-4H3;8,10H,4-7H2,1-3H3/t16-;15-;;;10-;;9-;/m00..1.1./s1. The first-order chi connectivity index (χ1) is 62.7. The fraction of sp³-hybridized carbons (Fsp3) is 0.927. The van der Waals surface area contributed by atoms with Crippen LogP contribution in [0.5, 0.6) is 0 Å². The van der Waals surface area contributed by atoms with E-state index in [9.17, 15) is 34.0 Å². The van der Waals surface area contributed by atoms with Crippen molar-refractivity contribution in [2.75, 3.05) is 179 Å². The number of likely N-dealkylation sites (tertiary alicyclic amines) is 7. The van der Waals surface area contributed by atoms with Gasteiger partial charge in [-0.1, -0.05) is 166 Å². The van der Waals surface area contributed by atoms with Gasteiger partial charge in [0.1, 0.15) is 0 Å². The van der Waals surface area contributed by atoms with Gasteiger partial charge in [0.15, 0.2) is 0 Å². The molecular formula is C110H208N16O9. The van der Waals surface area contributed by atoms with Crippen LogP contribution < -0.4 is 26.6 Å². The molecule has 25 heteroatoms. The van der Waals surface area contributed by atoms with E-state index in [1.807, 2.05) is 33.7 Å². The van der Waals surface area contributed by atoms with Crippen molar-refractivity contribution >= 4 is 35.4 Å². The Bertz CT molecular complexity index is 3490. The Hall–Kier alpha value is -4.64. The second-order valence-electron chi connectivity index (χ2n) is 52.9. The third kappa shape index (κ3) is 51.2. The number of likely N-dealkylation sites (N-methyl/N-ethyl adjacent to an activating group) is 2. The summed E-state index contributed by atoms with van der Waals surface area (Å²) >= 11 is 0. The molecule has 782 valence electrons. The monoisotopic (exact) mass is 1900 g/mol. The van der Waals surface area contributed by atoms with Gasteiger partial charge in [0, 0.05) is 162 Å². The van der Waals surface area contributed by atoms with Crippen LogP contribution in [0.3, 0.4) is 0 Å². The summed E-state index contributed by atoms with van der Waals surface area (Å²) in [4.78, 5) is 92.7. The Morgan fingerprint density at radius 3 is 1.13 bits per heavy atom. The average molecular weight is 1900 g/mol. The molecule has 9 heterocycles. The summed E-state index contributed by atoms with van der Waals surface area (Å²) in [6.45, 7) is 73.8. The molecule has 12 aliphatic rings. The summed E-state index contributed by atoms with van der Waals surface area (Å²) in [6, 6.07) is 8.69. The molecular weight excluding hydrogens is 1690 g/mol. The lowest BCUT2D eigenvalue weighted by Gasteiger charge is -2.38. The van der Waals surface area contributed by atoms with Crippen LogP contribution in [0.1, 0.15) is 359 Å². The van der Waals surface area contributed by atoms with Crippen LogP contribution in [0.25, 0.3) is 0 Å². The van der Waals surface area contributed by atoms with Gasteiger partial charge in [-0.15, -0.1) is 0 Å². The molecule has 25 nitrogen and oxygen atoms in total. The topological polar surface area (TPSA) is 278 Å². The van der Waals surface area contributed by atoms with Crippen LogP contribution in [-0.2, 0) is 38.2 Å². The van der Waals surface area contributed by atoms with Crippen molar-refractivity contribution in [1.29, 1.82) is 10.5 Å². The van der Waals surface area contributed by atoms with Gasteiger partial charge in [0.25, 0.3) is 0 Å². The predicted octanol–water partition coefficient (Wildman–Crippen LogP) is 16.7. The van der Waals surface area contributed by atoms with Crippen LogP contribution in [0.15, 0.2) is 0 Å². The van der Waals surface area contributed by atoms with Gasteiger partial charge in [-0.3, -0.25) is 38.6 Å². The molecule has 0 aromatic heterocycles. The van der Waals surface area contributed by atoms with E-state index in [4.69, 9.17) is 19.8 Å². The normalized spacial score (nSPS) is 24.0. The highest BCUT2D eigenvalue weighted by Gasteiger charge is 2.46. The number of carbonyl (C=O) groups is 6. The zero-order chi connectivity index (χ0) is 101. The van der Waals surface area contributed by atoms with Gasteiger partial charge in [0.05, 0.1) is 67.0 Å². The molecule has 12 rings (SSSR count). The third-order valence-corrected chi connectivity index (χ3v) is 28.8. The van der Waals surface area contributed by atoms with Crippen LogP contribution >= 0.6 is 0 Å². The summed E-state index contributed by atoms with van der Waals surface area (Å²) < 4.78 is 10.5. The summed E-state index contributed by atoms with van der Waals surface area (Å²) in [6.07, 6.45) is 31.5. The molecule has 9 saturated heterocycles. The quantitative estimate of drug-likeness (QED) is 0.0469. The lowest BCUT2D eigenvalue weighted by atomic mass is 9.87. The van der Waals surface area contributed by atoms with Crippen molar-refractivity contribution < 1.29 is 43.3 Å². The zero-order valence-electron chi connectivity index (χ0n) is 92.3. The predicted molar refractivity (Wildman–Crippen MR) is 555 cm³/mol. The highest BCUT2D eigenvalue weighted by molar-refractivity contribution is 5.82. The van der Waals surface area contributed by atoms with E-state index >= 15 is 0 Å². The second-order valence-corrected chi connectivity index (χ2v) is 52.9. The maximum absolute atomic E-state index is 12.3. The number of nitriles is 2. The average Bonchev–Trinajstić information content (AvgIpc) is 1.66. The second kappa shape index (κ2) is 56.4. The Kier molecular flexibility index (Phi) is 50.5. The first kappa shape index (κ1) is 121. The fourth-order valence-electron chi connectivity index (χ4n) is 19.5.